The van der Waals surface area contributed by atoms with Crippen LogP contribution in [0.4, 0.5) is 14.5 Å². The molecule has 0 aliphatic rings. The van der Waals surface area contributed by atoms with Gasteiger partial charge in [0.15, 0.2) is 5.82 Å². The Morgan fingerprint density at radius 2 is 1.77 bits per heavy atom. The highest BCUT2D eigenvalue weighted by Gasteiger charge is 2.34. The van der Waals surface area contributed by atoms with Crippen LogP contribution in [0.3, 0.4) is 0 Å². The number of anilines is 1. The second kappa shape index (κ2) is 10.2. The third kappa shape index (κ3) is 5.47. The highest BCUT2D eigenvalue weighted by molar-refractivity contribution is 7.93. The van der Waals surface area contributed by atoms with Crippen molar-refractivity contribution in [2.75, 3.05) is 32.3 Å². The third-order valence-electron chi connectivity index (χ3n) is 3.93. The smallest absolute Gasteiger partial charge is 0.355 e. The van der Waals surface area contributed by atoms with Crippen LogP contribution in [0.5, 0.6) is 11.8 Å². The number of methoxy groups -OCH3 is 3. The number of ether oxygens (including phenoxy) is 3. The summed E-state index contributed by atoms with van der Waals surface area (Å²) in [7, 11) is -0.913. The maximum Gasteiger partial charge on any atom is 0.355 e. The lowest BCUT2D eigenvalue weighted by molar-refractivity contribution is 0.185. The fraction of sp³-hybridized carbons (Fsp3) is 0.412. The molecule has 1 aromatic heterocycles. The summed E-state index contributed by atoms with van der Waals surface area (Å²) < 4.78 is 79.6. The zero-order valence-electron chi connectivity index (χ0n) is 16.6. The number of para-hydroxylation sites is 1. The molecule has 2 rings (SSSR count). The first kappa shape index (κ1) is 24.1. The van der Waals surface area contributed by atoms with Crippen molar-refractivity contribution in [3.05, 3.63) is 41.2 Å². The third-order valence-corrected chi connectivity index (χ3v) is 6.01. The Morgan fingerprint density at radius 3 is 2.23 bits per heavy atom. The summed E-state index contributed by atoms with van der Waals surface area (Å²) >= 11 is -1.69. The lowest BCUT2D eigenvalue weighted by atomic mass is 10.0. The Morgan fingerprint density at radius 1 is 1.17 bits per heavy atom. The van der Waals surface area contributed by atoms with Crippen LogP contribution in [0.2, 0.25) is 0 Å². The van der Waals surface area contributed by atoms with E-state index in [2.05, 4.69) is 9.97 Å². The van der Waals surface area contributed by atoms with E-state index >= 15 is 0 Å². The molecule has 0 aliphatic carbocycles. The number of halogens is 2. The second-order valence-electron chi connectivity index (χ2n) is 5.91. The second-order valence-corrected chi connectivity index (χ2v) is 9.03. The van der Waals surface area contributed by atoms with Crippen molar-refractivity contribution in [1.82, 2.24) is 9.97 Å². The van der Waals surface area contributed by atoms with Crippen LogP contribution in [0.1, 0.15) is 22.2 Å². The molecular weight excluding hydrogens is 444 g/mol. The minimum Gasteiger partial charge on any atom is -0.616 e. The Hall–Kier alpha value is -2.22. The van der Waals surface area contributed by atoms with Gasteiger partial charge >= 0.3 is 5.76 Å². The van der Waals surface area contributed by atoms with Gasteiger partial charge in [-0.3, -0.25) is 4.72 Å². The van der Waals surface area contributed by atoms with Crippen LogP contribution >= 0.6 is 0 Å². The van der Waals surface area contributed by atoms with Crippen molar-refractivity contribution in [3.8, 4) is 11.8 Å². The first-order chi connectivity index (χ1) is 14.1. The van der Waals surface area contributed by atoms with E-state index < -0.39 is 32.2 Å². The molecule has 1 aromatic carbocycles. The van der Waals surface area contributed by atoms with Gasteiger partial charge in [-0.05, 0) is 11.2 Å². The minimum absolute atomic E-state index is 0.000838. The fourth-order valence-corrected chi connectivity index (χ4v) is 4.22. The lowest BCUT2D eigenvalue weighted by Gasteiger charge is -2.23. The molecule has 0 fully saturated rings. The Kier molecular flexibility index (Phi) is 8.18. The largest absolute Gasteiger partial charge is 0.616 e. The molecule has 0 radical (unpaired) electrons. The van der Waals surface area contributed by atoms with E-state index in [0.717, 1.165) is 0 Å². The molecular formula is C17H21F2N3O6S2. The van der Waals surface area contributed by atoms with Crippen LogP contribution in [-0.4, -0.2) is 56.3 Å². The van der Waals surface area contributed by atoms with Gasteiger partial charge in [-0.15, -0.1) is 0 Å². The van der Waals surface area contributed by atoms with Crippen molar-refractivity contribution in [3.63, 3.8) is 0 Å². The van der Waals surface area contributed by atoms with Crippen LogP contribution in [-0.2, 0) is 32.5 Å². The first-order valence-corrected chi connectivity index (χ1v) is 11.5. The molecule has 166 valence electrons. The number of nitrogens with zero attached hydrogens (tertiary/aromatic N) is 2. The molecule has 13 heteroatoms. The SMILES string of the molecule is COCc1cccc(C(c2nc(OC)cc(OC)n2)[S+](C)[O-])c1NS(=O)(=O)C(F)F. The summed E-state index contributed by atoms with van der Waals surface area (Å²) in [6, 6.07) is 5.91. The zero-order valence-corrected chi connectivity index (χ0v) is 18.2. The predicted molar refractivity (Wildman–Crippen MR) is 107 cm³/mol. The van der Waals surface area contributed by atoms with E-state index in [1.165, 1.54) is 45.8 Å². The molecule has 0 amide bonds. The number of alkyl halides is 2. The summed E-state index contributed by atoms with van der Waals surface area (Å²) in [5.74, 6) is -3.43. The normalized spacial score (nSPS) is 13.7. The van der Waals surface area contributed by atoms with Gasteiger partial charge in [0, 0.05) is 18.2 Å². The van der Waals surface area contributed by atoms with Gasteiger partial charge in [0.1, 0.15) is 0 Å². The highest BCUT2D eigenvalue weighted by Crippen LogP contribution is 2.37. The number of nitrogens with one attached hydrogen (secondary N) is 1. The van der Waals surface area contributed by atoms with E-state index in [1.54, 1.807) is 6.07 Å². The number of hydrogen-bond acceptors (Lipinski definition) is 8. The van der Waals surface area contributed by atoms with Crippen molar-refractivity contribution in [1.29, 1.82) is 0 Å². The molecule has 0 saturated carbocycles. The molecule has 0 bridgehead atoms. The van der Waals surface area contributed by atoms with Gasteiger partial charge in [0.2, 0.25) is 17.0 Å². The summed E-state index contributed by atoms with van der Waals surface area (Å²) in [5, 5.41) is -1.08. The minimum atomic E-state index is -5.01. The molecule has 1 N–H and O–H groups in total. The molecule has 0 spiro atoms. The van der Waals surface area contributed by atoms with E-state index in [-0.39, 0.29) is 41.0 Å². The predicted octanol–water partition coefficient (Wildman–Crippen LogP) is 2.07. The van der Waals surface area contributed by atoms with Gasteiger partial charge in [0.25, 0.3) is 10.0 Å². The number of aromatic nitrogens is 2. The molecule has 1 heterocycles. The fourth-order valence-electron chi connectivity index (χ4n) is 2.64. The summed E-state index contributed by atoms with van der Waals surface area (Å²) in [5.41, 5.74) is 0.222. The molecule has 9 nitrogen and oxygen atoms in total. The standard InChI is InChI=1S/C17H21F2N3O6S2/c1-26-9-10-6-5-7-11(14(10)22-30(24,25)17(18)19)15(29(4)23)16-20-12(27-2)8-13(21-16)28-3/h5-8,15,17,22H,9H2,1-4H3. The van der Waals surface area contributed by atoms with Crippen molar-refractivity contribution < 1.29 is 36.0 Å². The van der Waals surface area contributed by atoms with Gasteiger partial charge in [0.05, 0.1) is 38.8 Å². The number of hydrogen-bond donors (Lipinski definition) is 1. The van der Waals surface area contributed by atoms with Crippen LogP contribution in [0.15, 0.2) is 24.3 Å². The summed E-state index contributed by atoms with van der Waals surface area (Å²) in [4.78, 5) is 8.37. The molecule has 2 atom stereocenters. The Labute approximate surface area is 176 Å². The van der Waals surface area contributed by atoms with E-state index in [9.17, 15) is 21.8 Å². The number of sulfonamides is 1. The van der Waals surface area contributed by atoms with Gasteiger partial charge < -0.3 is 18.8 Å². The average Bonchev–Trinajstić information content (AvgIpc) is 2.69. The molecule has 2 aromatic rings. The number of benzene rings is 1. The van der Waals surface area contributed by atoms with Crippen LogP contribution in [0.25, 0.3) is 0 Å². The molecule has 0 aliphatic heterocycles. The highest BCUT2D eigenvalue weighted by atomic mass is 32.2. The maximum atomic E-state index is 13.0. The summed E-state index contributed by atoms with van der Waals surface area (Å²) in [6.07, 6.45) is 1.36. The summed E-state index contributed by atoms with van der Waals surface area (Å²) in [6.45, 7) is -0.0830. The maximum absolute atomic E-state index is 13.0. The topological polar surface area (TPSA) is 123 Å². The van der Waals surface area contributed by atoms with E-state index in [0.29, 0.717) is 0 Å². The van der Waals surface area contributed by atoms with Gasteiger partial charge in [-0.2, -0.15) is 18.7 Å². The first-order valence-electron chi connectivity index (χ1n) is 8.34. The van der Waals surface area contributed by atoms with Crippen molar-refractivity contribution in [2.45, 2.75) is 17.6 Å². The van der Waals surface area contributed by atoms with E-state index in [4.69, 9.17) is 14.2 Å². The molecule has 0 saturated heterocycles. The molecule has 30 heavy (non-hydrogen) atoms. The van der Waals surface area contributed by atoms with Gasteiger partial charge in [-0.25, -0.2) is 8.42 Å². The van der Waals surface area contributed by atoms with E-state index in [1.807, 2.05) is 4.72 Å². The van der Waals surface area contributed by atoms with Gasteiger partial charge in [-0.1, -0.05) is 18.2 Å². The monoisotopic (exact) mass is 465 g/mol. The number of rotatable bonds is 10. The Balaban J connectivity index is 2.73. The van der Waals surface area contributed by atoms with Crippen LogP contribution in [0, 0.1) is 0 Å². The quantitative estimate of drug-likeness (QED) is 0.529. The average molecular weight is 466 g/mol. The van der Waals surface area contributed by atoms with Crippen molar-refractivity contribution in [2.24, 2.45) is 0 Å². The molecule has 2 unspecified atom stereocenters. The van der Waals surface area contributed by atoms with Crippen LogP contribution < -0.4 is 14.2 Å². The zero-order chi connectivity index (χ0) is 22.5. The van der Waals surface area contributed by atoms with Crippen molar-refractivity contribution >= 4 is 26.9 Å². The Bertz CT molecular complexity index is 954. The lowest BCUT2D eigenvalue weighted by Crippen LogP contribution is -2.25.